The van der Waals surface area contributed by atoms with E-state index < -0.39 is 0 Å². The number of morpholine rings is 2. The van der Waals surface area contributed by atoms with Crippen LogP contribution in [0.15, 0.2) is 36.4 Å². The van der Waals surface area contributed by atoms with Crippen molar-refractivity contribution in [3.8, 4) is 11.3 Å². The number of amides is 1. The van der Waals surface area contributed by atoms with E-state index in [1.54, 1.807) is 13.1 Å². The molecule has 0 saturated carbocycles. The smallest absolute Gasteiger partial charge is 0.251 e. The number of pyridine rings is 1. The van der Waals surface area contributed by atoms with E-state index in [9.17, 15) is 4.79 Å². The van der Waals surface area contributed by atoms with E-state index in [2.05, 4.69) is 28.1 Å². The van der Waals surface area contributed by atoms with Crippen molar-refractivity contribution in [1.29, 1.82) is 0 Å². The third-order valence-electron chi connectivity index (χ3n) is 7.26. The Hall–Kier alpha value is -3.30. The first-order chi connectivity index (χ1) is 17.1. The molecule has 1 N–H and O–H groups in total. The zero-order chi connectivity index (χ0) is 23.9. The Morgan fingerprint density at radius 3 is 2.74 bits per heavy atom. The van der Waals surface area contributed by atoms with Crippen LogP contribution in [-0.4, -0.2) is 79.0 Å². The van der Waals surface area contributed by atoms with Gasteiger partial charge in [0.15, 0.2) is 5.65 Å². The number of nitrogens with one attached hydrogen (secondary N) is 1. The first-order valence-electron chi connectivity index (χ1n) is 12.3. The maximum atomic E-state index is 12.2. The minimum atomic E-state index is -0.122. The van der Waals surface area contributed by atoms with E-state index >= 15 is 0 Å². The van der Waals surface area contributed by atoms with Gasteiger partial charge in [-0.05, 0) is 44.0 Å². The minimum absolute atomic E-state index is 0.122. The van der Waals surface area contributed by atoms with Gasteiger partial charge in [-0.3, -0.25) is 4.79 Å². The predicted octanol–water partition coefficient (Wildman–Crippen LogP) is 2.64. The van der Waals surface area contributed by atoms with Gasteiger partial charge in [-0.15, -0.1) is 0 Å². The molecule has 6 heterocycles. The van der Waals surface area contributed by atoms with Crippen LogP contribution in [0.1, 0.15) is 30.1 Å². The van der Waals surface area contributed by atoms with Gasteiger partial charge < -0.3 is 24.6 Å². The van der Waals surface area contributed by atoms with Crippen molar-refractivity contribution in [2.45, 2.75) is 38.0 Å². The molecule has 4 aliphatic rings. The molecule has 4 aliphatic heterocycles. The molecule has 7 rings (SSSR count). The number of benzene rings is 1. The van der Waals surface area contributed by atoms with Gasteiger partial charge in [0.2, 0.25) is 5.95 Å². The second-order valence-corrected chi connectivity index (χ2v) is 9.53. The van der Waals surface area contributed by atoms with Gasteiger partial charge >= 0.3 is 0 Å². The van der Waals surface area contributed by atoms with Crippen molar-refractivity contribution in [3.63, 3.8) is 0 Å². The normalized spacial score (nSPS) is 24.1. The third kappa shape index (κ3) is 4.08. The zero-order valence-corrected chi connectivity index (χ0v) is 20.1. The molecule has 4 saturated heterocycles. The highest BCUT2D eigenvalue weighted by atomic mass is 16.5. The Morgan fingerprint density at radius 1 is 1.09 bits per heavy atom. The van der Waals surface area contributed by atoms with Crippen molar-refractivity contribution >= 4 is 28.7 Å². The fourth-order valence-corrected chi connectivity index (χ4v) is 5.29. The molecule has 2 unspecified atom stereocenters. The van der Waals surface area contributed by atoms with Crippen LogP contribution in [0.3, 0.4) is 0 Å². The fraction of sp³-hybridized carbons (Fsp3) is 0.462. The number of hydrogen-bond acceptors (Lipinski definition) is 8. The third-order valence-corrected chi connectivity index (χ3v) is 7.26. The summed E-state index contributed by atoms with van der Waals surface area (Å²) in [6.45, 7) is 5.76. The van der Waals surface area contributed by atoms with Crippen molar-refractivity contribution in [1.82, 2.24) is 20.3 Å². The Bertz CT molecular complexity index is 1260. The van der Waals surface area contributed by atoms with Crippen molar-refractivity contribution in [2.75, 3.05) is 49.8 Å². The SMILES string of the molecule is CNC(=O)c1cccc(-c2ccc3c(N4CC5CCC4CO5)nc(N4CCOC[C@@H]4C)nc3n2)c1. The second-order valence-electron chi connectivity index (χ2n) is 9.53. The minimum Gasteiger partial charge on any atom is -0.377 e. The van der Waals surface area contributed by atoms with Gasteiger partial charge in [0.25, 0.3) is 5.91 Å². The van der Waals surface area contributed by atoms with Crippen molar-refractivity contribution < 1.29 is 14.3 Å². The fourth-order valence-electron chi connectivity index (χ4n) is 5.29. The van der Waals surface area contributed by atoms with Gasteiger partial charge in [-0.2, -0.15) is 9.97 Å². The molecule has 182 valence electrons. The Kier molecular flexibility index (Phi) is 5.74. The standard InChI is InChI=1S/C26H30N6O3/c1-16-14-34-11-10-31(16)26-29-23-21(24(30-26)32-13-20-7-6-19(32)15-35-20)8-9-22(28-23)17-4-3-5-18(12-17)25(33)27-2/h3-5,8-9,12,16,19-20H,6-7,10-11,13-15H2,1-2H3,(H,27,33)/t16-,19?,20?/m0/s1. The highest BCUT2D eigenvalue weighted by Gasteiger charge is 2.37. The van der Waals surface area contributed by atoms with Crippen LogP contribution in [0.4, 0.5) is 11.8 Å². The summed E-state index contributed by atoms with van der Waals surface area (Å²) in [5.74, 6) is 1.50. The number of piperidine rings is 1. The average Bonchev–Trinajstić information content (AvgIpc) is 2.92. The summed E-state index contributed by atoms with van der Waals surface area (Å²) in [5, 5.41) is 3.62. The van der Waals surface area contributed by atoms with Crippen LogP contribution in [-0.2, 0) is 9.47 Å². The number of carbonyl (C=O) groups is 1. The summed E-state index contributed by atoms with van der Waals surface area (Å²) in [6, 6.07) is 12.1. The van der Waals surface area contributed by atoms with Gasteiger partial charge in [-0.25, -0.2) is 4.98 Å². The maximum Gasteiger partial charge on any atom is 0.251 e. The summed E-state index contributed by atoms with van der Waals surface area (Å²) >= 11 is 0. The van der Waals surface area contributed by atoms with Crippen LogP contribution in [0.25, 0.3) is 22.3 Å². The molecule has 9 heteroatoms. The number of anilines is 2. The lowest BCUT2D eigenvalue weighted by Gasteiger charge is -2.46. The molecule has 1 aromatic carbocycles. The predicted molar refractivity (Wildman–Crippen MR) is 134 cm³/mol. The van der Waals surface area contributed by atoms with Gasteiger partial charge in [0, 0.05) is 31.3 Å². The molecular formula is C26H30N6O3. The largest absolute Gasteiger partial charge is 0.377 e. The number of rotatable bonds is 4. The molecule has 0 aliphatic carbocycles. The molecule has 3 atom stereocenters. The topological polar surface area (TPSA) is 92.7 Å². The highest BCUT2D eigenvalue weighted by Crippen LogP contribution is 2.35. The van der Waals surface area contributed by atoms with Crippen molar-refractivity contribution in [3.05, 3.63) is 42.0 Å². The summed E-state index contributed by atoms with van der Waals surface area (Å²) in [4.78, 5) is 31.8. The zero-order valence-electron chi connectivity index (χ0n) is 20.1. The van der Waals surface area contributed by atoms with E-state index in [0.717, 1.165) is 55.0 Å². The average molecular weight is 475 g/mol. The van der Waals surface area contributed by atoms with Gasteiger partial charge in [0.1, 0.15) is 5.82 Å². The van der Waals surface area contributed by atoms with Gasteiger partial charge in [0.05, 0.1) is 49.1 Å². The summed E-state index contributed by atoms with van der Waals surface area (Å²) in [7, 11) is 1.63. The molecule has 0 spiro atoms. The first kappa shape index (κ1) is 22.2. The molecule has 35 heavy (non-hydrogen) atoms. The lowest BCUT2D eigenvalue weighted by atomic mass is 9.97. The van der Waals surface area contributed by atoms with E-state index in [-0.39, 0.29) is 18.1 Å². The Balaban J connectivity index is 1.47. The van der Waals surface area contributed by atoms with E-state index in [1.807, 2.05) is 24.3 Å². The second kappa shape index (κ2) is 9.05. The molecule has 9 nitrogen and oxygen atoms in total. The van der Waals surface area contributed by atoms with Crippen molar-refractivity contribution in [2.24, 2.45) is 0 Å². The first-order valence-corrected chi connectivity index (χ1v) is 12.3. The van der Waals surface area contributed by atoms with Crippen LogP contribution in [0, 0.1) is 0 Å². The molecule has 4 fully saturated rings. The maximum absolute atomic E-state index is 12.2. The van der Waals surface area contributed by atoms with Crippen LogP contribution in [0.5, 0.6) is 0 Å². The Labute approximate surface area is 204 Å². The number of hydrogen-bond donors (Lipinski definition) is 1. The number of aromatic nitrogens is 3. The molecule has 0 radical (unpaired) electrons. The summed E-state index contributed by atoms with van der Waals surface area (Å²) in [5.41, 5.74) is 2.91. The van der Waals surface area contributed by atoms with E-state index in [1.165, 1.54) is 0 Å². The monoisotopic (exact) mass is 474 g/mol. The molecule has 2 bridgehead atoms. The molecular weight excluding hydrogens is 444 g/mol. The Morgan fingerprint density at radius 2 is 2.00 bits per heavy atom. The summed E-state index contributed by atoms with van der Waals surface area (Å²) in [6.07, 6.45) is 2.45. The summed E-state index contributed by atoms with van der Waals surface area (Å²) < 4.78 is 11.6. The number of fused-ring (bicyclic) bond motifs is 4. The highest BCUT2D eigenvalue weighted by molar-refractivity contribution is 5.95. The quantitative estimate of drug-likeness (QED) is 0.617. The van der Waals surface area contributed by atoms with Crippen LogP contribution < -0.4 is 15.1 Å². The van der Waals surface area contributed by atoms with Crippen LogP contribution >= 0.6 is 0 Å². The number of ether oxygens (including phenoxy) is 2. The lowest BCUT2D eigenvalue weighted by molar-refractivity contribution is -0.0227. The van der Waals surface area contributed by atoms with E-state index in [4.69, 9.17) is 24.4 Å². The number of carbonyl (C=O) groups excluding carboxylic acids is 1. The van der Waals surface area contributed by atoms with Gasteiger partial charge in [-0.1, -0.05) is 12.1 Å². The molecule has 3 aromatic rings. The lowest BCUT2D eigenvalue weighted by Crippen LogP contribution is -2.55. The van der Waals surface area contributed by atoms with Crippen LogP contribution in [0.2, 0.25) is 0 Å². The molecule has 1 amide bonds. The van der Waals surface area contributed by atoms with E-state index in [0.29, 0.717) is 36.4 Å². The molecule has 2 aromatic heterocycles. The number of nitrogens with zero attached hydrogens (tertiary/aromatic N) is 5.